The van der Waals surface area contributed by atoms with Gasteiger partial charge in [-0.25, -0.2) is 4.79 Å². The van der Waals surface area contributed by atoms with Gasteiger partial charge in [0.25, 0.3) is 0 Å². The number of hydrogen-bond donors (Lipinski definition) is 1. The number of amides is 1. The van der Waals surface area contributed by atoms with Gasteiger partial charge in [-0.2, -0.15) is 0 Å². The summed E-state index contributed by atoms with van der Waals surface area (Å²) in [6, 6.07) is 23.4. The Morgan fingerprint density at radius 2 is 1.68 bits per heavy atom. The van der Waals surface area contributed by atoms with Crippen LogP contribution in [0.4, 0.5) is 11.4 Å². The summed E-state index contributed by atoms with van der Waals surface area (Å²) >= 11 is 0. The Hall–Kier alpha value is -4.19. The van der Waals surface area contributed by atoms with Gasteiger partial charge >= 0.3 is 5.63 Å². The van der Waals surface area contributed by atoms with Gasteiger partial charge in [-0.3, -0.25) is 9.59 Å². The van der Waals surface area contributed by atoms with Crippen LogP contribution in [0.15, 0.2) is 88.1 Å². The number of nitrogens with one attached hydrogen (secondary N) is 1. The standard InChI is InChI=1S/C25H20N2O4/c1-27(16-28)19-12-13-20-21(14-19)31-25(30)22(24(29)18-10-6-3-7-11-18)23(20)26-15-17-8-4-2-5-9-17/h2-14,16,26H,15H2,1H3. The van der Waals surface area contributed by atoms with Crippen molar-refractivity contribution in [2.75, 3.05) is 17.3 Å². The number of nitrogens with zero attached hydrogens (tertiary/aromatic N) is 1. The molecule has 6 heteroatoms. The molecule has 154 valence electrons. The number of anilines is 2. The van der Waals surface area contributed by atoms with E-state index in [9.17, 15) is 14.4 Å². The second-order valence-electron chi connectivity index (χ2n) is 7.07. The highest BCUT2D eigenvalue weighted by Crippen LogP contribution is 2.30. The Labute approximate surface area is 178 Å². The zero-order valence-electron chi connectivity index (χ0n) is 16.9. The third-order valence-electron chi connectivity index (χ3n) is 5.03. The topological polar surface area (TPSA) is 79.6 Å². The average molecular weight is 412 g/mol. The Balaban J connectivity index is 1.88. The Kier molecular flexibility index (Phi) is 5.62. The molecule has 1 heterocycles. The van der Waals surface area contributed by atoms with Crippen molar-refractivity contribution in [2.24, 2.45) is 0 Å². The second-order valence-corrected chi connectivity index (χ2v) is 7.07. The lowest BCUT2D eigenvalue weighted by atomic mass is 10.0. The van der Waals surface area contributed by atoms with E-state index in [2.05, 4.69) is 5.32 Å². The van der Waals surface area contributed by atoms with Crippen molar-refractivity contribution < 1.29 is 14.0 Å². The quantitative estimate of drug-likeness (QED) is 0.279. The minimum atomic E-state index is -0.733. The van der Waals surface area contributed by atoms with Crippen molar-refractivity contribution in [1.82, 2.24) is 0 Å². The summed E-state index contributed by atoms with van der Waals surface area (Å²) in [6.07, 6.45) is 0.668. The number of carbonyl (C=O) groups excluding carboxylic acids is 2. The summed E-state index contributed by atoms with van der Waals surface area (Å²) < 4.78 is 5.50. The molecule has 0 aliphatic carbocycles. The molecule has 0 saturated heterocycles. The molecule has 31 heavy (non-hydrogen) atoms. The van der Waals surface area contributed by atoms with Gasteiger partial charge < -0.3 is 14.6 Å². The average Bonchev–Trinajstić information content (AvgIpc) is 2.82. The van der Waals surface area contributed by atoms with E-state index < -0.39 is 11.4 Å². The van der Waals surface area contributed by atoms with Crippen LogP contribution in [0.1, 0.15) is 21.5 Å². The molecule has 4 rings (SSSR count). The van der Waals surface area contributed by atoms with Gasteiger partial charge in [0.2, 0.25) is 12.2 Å². The number of fused-ring (bicyclic) bond motifs is 1. The van der Waals surface area contributed by atoms with Crippen LogP contribution in [0.2, 0.25) is 0 Å². The molecule has 0 atom stereocenters. The van der Waals surface area contributed by atoms with Crippen molar-refractivity contribution in [2.45, 2.75) is 6.54 Å². The maximum atomic E-state index is 13.2. The number of hydrogen-bond acceptors (Lipinski definition) is 5. The van der Waals surface area contributed by atoms with Gasteiger partial charge in [0.15, 0.2) is 0 Å². The third kappa shape index (κ3) is 4.09. The van der Waals surface area contributed by atoms with Crippen LogP contribution in [0.3, 0.4) is 0 Å². The Bertz CT molecular complexity index is 1300. The molecular weight excluding hydrogens is 392 g/mol. The monoisotopic (exact) mass is 412 g/mol. The van der Waals surface area contributed by atoms with Crippen LogP contribution in [0.25, 0.3) is 11.0 Å². The first-order valence-electron chi connectivity index (χ1n) is 9.75. The predicted octanol–water partition coefficient (Wildman–Crippen LogP) is 4.23. The minimum Gasteiger partial charge on any atom is -0.422 e. The Morgan fingerprint density at radius 1 is 1.00 bits per heavy atom. The first kappa shape index (κ1) is 20.1. The lowest BCUT2D eigenvalue weighted by Crippen LogP contribution is -2.19. The van der Waals surface area contributed by atoms with Crippen molar-refractivity contribution in [3.63, 3.8) is 0 Å². The SMILES string of the molecule is CN(C=O)c1ccc2c(NCc3ccccc3)c(C(=O)c3ccccc3)c(=O)oc2c1. The van der Waals surface area contributed by atoms with Crippen molar-refractivity contribution in [3.8, 4) is 0 Å². The van der Waals surface area contributed by atoms with E-state index in [0.717, 1.165) is 5.56 Å². The molecule has 0 fully saturated rings. The third-order valence-corrected chi connectivity index (χ3v) is 5.03. The second kappa shape index (κ2) is 8.67. The van der Waals surface area contributed by atoms with Gasteiger partial charge in [-0.1, -0.05) is 60.7 Å². The molecule has 3 aromatic carbocycles. The van der Waals surface area contributed by atoms with Crippen LogP contribution >= 0.6 is 0 Å². The van der Waals surface area contributed by atoms with E-state index in [1.165, 1.54) is 4.90 Å². The summed E-state index contributed by atoms with van der Waals surface area (Å²) in [5.74, 6) is -0.416. The van der Waals surface area contributed by atoms with Crippen LogP contribution in [0, 0.1) is 0 Å². The zero-order chi connectivity index (χ0) is 21.8. The highest BCUT2D eigenvalue weighted by molar-refractivity contribution is 6.15. The number of carbonyl (C=O) groups is 2. The Morgan fingerprint density at radius 3 is 2.35 bits per heavy atom. The van der Waals surface area contributed by atoms with Crippen molar-refractivity contribution >= 4 is 34.5 Å². The van der Waals surface area contributed by atoms with Crippen LogP contribution in [-0.2, 0) is 11.3 Å². The molecule has 0 saturated carbocycles. The summed E-state index contributed by atoms with van der Waals surface area (Å²) in [5, 5.41) is 3.84. The fourth-order valence-electron chi connectivity index (χ4n) is 3.38. The molecule has 0 unspecified atom stereocenters. The largest absolute Gasteiger partial charge is 0.422 e. The lowest BCUT2D eigenvalue weighted by Gasteiger charge is -2.16. The van der Waals surface area contributed by atoms with E-state index in [4.69, 9.17) is 4.42 Å². The lowest BCUT2D eigenvalue weighted by molar-refractivity contribution is -0.107. The van der Waals surface area contributed by atoms with Gasteiger partial charge in [0.1, 0.15) is 11.1 Å². The van der Waals surface area contributed by atoms with Crippen LogP contribution < -0.4 is 15.8 Å². The van der Waals surface area contributed by atoms with Crippen LogP contribution in [0.5, 0.6) is 0 Å². The molecule has 0 radical (unpaired) electrons. The number of rotatable bonds is 7. The summed E-state index contributed by atoms with van der Waals surface area (Å²) in [7, 11) is 1.61. The number of benzene rings is 3. The van der Waals surface area contributed by atoms with E-state index >= 15 is 0 Å². The zero-order valence-corrected chi connectivity index (χ0v) is 16.9. The smallest absolute Gasteiger partial charge is 0.349 e. The fourth-order valence-corrected chi connectivity index (χ4v) is 3.38. The maximum Gasteiger partial charge on any atom is 0.349 e. The molecule has 1 amide bonds. The van der Waals surface area contributed by atoms with Crippen molar-refractivity contribution in [1.29, 1.82) is 0 Å². The molecule has 0 spiro atoms. The molecule has 1 aromatic heterocycles. The number of ketones is 1. The van der Waals surface area contributed by atoms with Gasteiger partial charge in [0, 0.05) is 36.3 Å². The summed E-state index contributed by atoms with van der Waals surface area (Å²) in [4.78, 5) is 38.6. The van der Waals surface area contributed by atoms with E-state index in [1.54, 1.807) is 55.6 Å². The van der Waals surface area contributed by atoms with Gasteiger partial charge in [-0.05, 0) is 17.7 Å². The van der Waals surface area contributed by atoms with Gasteiger partial charge in [-0.15, -0.1) is 0 Å². The highest BCUT2D eigenvalue weighted by Gasteiger charge is 2.23. The molecule has 4 aromatic rings. The van der Waals surface area contributed by atoms with Crippen LogP contribution in [-0.4, -0.2) is 19.2 Å². The van der Waals surface area contributed by atoms with E-state index in [0.29, 0.717) is 35.3 Å². The highest BCUT2D eigenvalue weighted by atomic mass is 16.4. The summed E-state index contributed by atoms with van der Waals surface area (Å²) in [6.45, 7) is 0.421. The van der Waals surface area contributed by atoms with Gasteiger partial charge in [0.05, 0.1) is 5.69 Å². The summed E-state index contributed by atoms with van der Waals surface area (Å²) in [5.41, 5.74) is 1.88. The normalized spacial score (nSPS) is 10.6. The van der Waals surface area contributed by atoms with E-state index in [1.807, 2.05) is 30.3 Å². The fraction of sp³-hybridized carbons (Fsp3) is 0.0800. The molecular formula is C25H20N2O4. The molecule has 0 aliphatic rings. The minimum absolute atomic E-state index is 0.0499. The molecule has 1 N–H and O–H groups in total. The molecule has 0 aliphatic heterocycles. The van der Waals surface area contributed by atoms with Crippen molar-refractivity contribution in [3.05, 3.63) is 106 Å². The first-order chi connectivity index (χ1) is 15.1. The predicted molar refractivity (Wildman–Crippen MR) is 121 cm³/mol. The molecule has 6 nitrogen and oxygen atoms in total. The molecule has 0 bridgehead atoms. The maximum absolute atomic E-state index is 13.2. The first-order valence-corrected chi connectivity index (χ1v) is 9.75. The van der Waals surface area contributed by atoms with E-state index in [-0.39, 0.29) is 11.1 Å².